The average Bonchev–Trinajstić information content (AvgIpc) is 1.63. The lowest BCUT2D eigenvalue weighted by Gasteiger charge is -2.04. The number of carbonyl (C=O) groups is 1. The molecule has 0 unspecified atom stereocenters. The van der Waals surface area contributed by atoms with Crippen molar-refractivity contribution in [3.05, 3.63) is 0 Å². The minimum atomic E-state index is -0.835. The molecule has 0 saturated heterocycles. The van der Waals surface area contributed by atoms with Crippen LogP contribution in [0.25, 0.3) is 0 Å². The molecule has 50 valence electrons. The van der Waals surface area contributed by atoms with Crippen LogP contribution in [0.3, 0.4) is 0 Å². The highest BCUT2D eigenvalue weighted by Crippen LogP contribution is 1.93. The minimum Gasteiger partial charge on any atom is -0.446 e. The Morgan fingerprint density at radius 1 is 2.00 bits per heavy atom. The Morgan fingerprint density at radius 2 is 2.56 bits per heavy atom. The molecule has 0 rings (SSSR count). The summed E-state index contributed by atoms with van der Waals surface area (Å²) in [6.45, 7) is 1.61. The first-order valence-electron chi connectivity index (χ1n) is 2.50. The van der Waals surface area contributed by atoms with E-state index in [4.69, 9.17) is 5.26 Å². The zero-order valence-corrected chi connectivity index (χ0v) is 5.13. The first-order chi connectivity index (χ1) is 4.16. The molecule has 4 nitrogen and oxygen atoms in total. The first-order valence-corrected chi connectivity index (χ1v) is 2.50. The van der Waals surface area contributed by atoms with Crippen LogP contribution in [0.1, 0.15) is 13.3 Å². The quantitative estimate of drug-likeness (QED) is 0.584. The highest BCUT2D eigenvalue weighted by molar-refractivity contribution is 5.64. The second kappa shape index (κ2) is 3.72. The Bertz CT molecular complexity index is 138. The van der Waals surface area contributed by atoms with Crippen LogP contribution in [0.2, 0.25) is 0 Å². The molecule has 0 aliphatic carbocycles. The van der Waals surface area contributed by atoms with E-state index in [1.54, 1.807) is 6.92 Å². The number of hydrogen-bond donors (Lipinski definition) is 1. The second-order valence-corrected chi connectivity index (χ2v) is 1.61. The van der Waals surface area contributed by atoms with Gasteiger partial charge in [0.25, 0.3) is 0 Å². The number of nitrogens with two attached hydrogens (primary N) is 1. The van der Waals surface area contributed by atoms with Crippen molar-refractivity contribution in [1.82, 2.24) is 0 Å². The van der Waals surface area contributed by atoms with Crippen molar-refractivity contribution in [2.75, 3.05) is 0 Å². The molecule has 4 heteroatoms. The number of ether oxygens (including phenoxy) is 1. The fourth-order valence-corrected chi connectivity index (χ4v) is 0.369. The largest absolute Gasteiger partial charge is 0.446 e. The fourth-order valence-electron chi connectivity index (χ4n) is 0.369. The third-order valence-electron chi connectivity index (χ3n) is 0.696. The van der Waals surface area contributed by atoms with Crippen LogP contribution >= 0.6 is 0 Å². The predicted molar refractivity (Wildman–Crippen MR) is 30.4 cm³/mol. The molecule has 0 aliphatic rings. The molecule has 0 aromatic rings. The van der Waals surface area contributed by atoms with Gasteiger partial charge in [-0.1, -0.05) is 0 Å². The van der Waals surface area contributed by atoms with E-state index in [0.29, 0.717) is 0 Å². The molecule has 0 saturated carbocycles. The van der Waals surface area contributed by atoms with Crippen LogP contribution in [0.4, 0.5) is 4.79 Å². The van der Waals surface area contributed by atoms with Crippen LogP contribution in [0.15, 0.2) is 0 Å². The summed E-state index contributed by atoms with van der Waals surface area (Å²) in [7, 11) is 0. The smallest absolute Gasteiger partial charge is 0.404 e. The van der Waals surface area contributed by atoms with E-state index in [1.165, 1.54) is 0 Å². The lowest BCUT2D eigenvalue weighted by atomic mass is 10.3. The van der Waals surface area contributed by atoms with E-state index in [-0.39, 0.29) is 6.42 Å². The molecule has 0 fully saturated rings. The van der Waals surface area contributed by atoms with Gasteiger partial charge in [-0.05, 0) is 6.92 Å². The van der Waals surface area contributed by atoms with Gasteiger partial charge in [0.15, 0.2) is 0 Å². The van der Waals surface area contributed by atoms with Crippen molar-refractivity contribution in [2.24, 2.45) is 5.73 Å². The molecule has 2 N–H and O–H groups in total. The topological polar surface area (TPSA) is 76.1 Å². The Hall–Kier alpha value is -1.24. The van der Waals surface area contributed by atoms with E-state index < -0.39 is 12.2 Å². The predicted octanol–water partition coefficient (Wildman–Crippen LogP) is 0.384. The highest BCUT2D eigenvalue weighted by atomic mass is 16.6. The SMILES string of the molecule is C[C@@H](CC#N)OC(N)=O. The summed E-state index contributed by atoms with van der Waals surface area (Å²) < 4.78 is 4.41. The van der Waals surface area contributed by atoms with Crippen molar-refractivity contribution < 1.29 is 9.53 Å². The Labute approximate surface area is 53.2 Å². The van der Waals surface area contributed by atoms with E-state index in [9.17, 15) is 4.79 Å². The van der Waals surface area contributed by atoms with E-state index in [0.717, 1.165) is 0 Å². The van der Waals surface area contributed by atoms with Gasteiger partial charge in [0.2, 0.25) is 0 Å². The normalized spacial score (nSPS) is 11.6. The number of rotatable bonds is 2. The number of nitriles is 1. The van der Waals surface area contributed by atoms with Gasteiger partial charge in [-0.25, -0.2) is 4.79 Å². The molecular weight excluding hydrogens is 120 g/mol. The van der Waals surface area contributed by atoms with Gasteiger partial charge in [0.05, 0.1) is 12.5 Å². The van der Waals surface area contributed by atoms with Crippen LogP contribution in [-0.4, -0.2) is 12.2 Å². The summed E-state index contributed by atoms with van der Waals surface area (Å²) in [4.78, 5) is 9.98. The van der Waals surface area contributed by atoms with Crippen molar-refractivity contribution in [2.45, 2.75) is 19.4 Å². The molecule has 0 aromatic heterocycles. The van der Waals surface area contributed by atoms with Crippen LogP contribution in [0.5, 0.6) is 0 Å². The summed E-state index contributed by atoms with van der Waals surface area (Å²) in [5.74, 6) is 0. The Balaban J connectivity index is 3.40. The summed E-state index contributed by atoms with van der Waals surface area (Å²) in [6, 6.07) is 1.84. The number of nitrogens with zero attached hydrogens (tertiary/aromatic N) is 1. The number of hydrogen-bond acceptors (Lipinski definition) is 3. The zero-order chi connectivity index (χ0) is 7.28. The summed E-state index contributed by atoms with van der Waals surface area (Å²) in [5.41, 5.74) is 4.65. The van der Waals surface area contributed by atoms with Gasteiger partial charge in [-0.15, -0.1) is 0 Å². The molecule has 0 aliphatic heterocycles. The average molecular weight is 128 g/mol. The van der Waals surface area contributed by atoms with E-state index in [1.807, 2.05) is 6.07 Å². The van der Waals surface area contributed by atoms with Crippen LogP contribution in [-0.2, 0) is 4.74 Å². The monoisotopic (exact) mass is 128 g/mol. The molecule has 0 heterocycles. The zero-order valence-electron chi connectivity index (χ0n) is 5.13. The number of amides is 1. The van der Waals surface area contributed by atoms with Gasteiger partial charge < -0.3 is 10.5 Å². The number of carbonyl (C=O) groups excluding carboxylic acids is 1. The van der Waals surface area contributed by atoms with Gasteiger partial charge in [-0.3, -0.25) is 0 Å². The summed E-state index contributed by atoms with van der Waals surface area (Å²) >= 11 is 0. The van der Waals surface area contributed by atoms with E-state index in [2.05, 4.69) is 10.5 Å². The number of primary amides is 1. The van der Waals surface area contributed by atoms with Gasteiger partial charge >= 0.3 is 6.09 Å². The molecule has 0 aromatic carbocycles. The van der Waals surface area contributed by atoms with Gasteiger partial charge in [0.1, 0.15) is 6.10 Å². The van der Waals surface area contributed by atoms with E-state index >= 15 is 0 Å². The van der Waals surface area contributed by atoms with Gasteiger partial charge in [-0.2, -0.15) is 5.26 Å². The molecule has 1 amide bonds. The highest BCUT2D eigenvalue weighted by Gasteiger charge is 2.02. The molecular formula is C5H8N2O2. The molecule has 0 bridgehead atoms. The summed E-state index contributed by atoms with van der Waals surface area (Å²) in [6.07, 6.45) is -1.05. The van der Waals surface area contributed by atoms with Crippen LogP contribution < -0.4 is 5.73 Å². The molecule has 0 radical (unpaired) electrons. The molecule has 9 heavy (non-hydrogen) atoms. The Morgan fingerprint density at radius 3 is 2.89 bits per heavy atom. The van der Waals surface area contributed by atoms with Crippen molar-refractivity contribution in [3.63, 3.8) is 0 Å². The maximum Gasteiger partial charge on any atom is 0.404 e. The molecule has 1 atom stereocenters. The molecule has 0 spiro atoms. The standard InChI is InChI=1S/C5H8N2O2/c1-4(2-3-6)9-5(7)8/h4H,2H2,1H3,(H2,7,8)/t4-/m0/s1. The first kappa shape index (κ1) is 7.76. The third-order valence-corrected chi connectivity index (χ3v) is 0.696. The maximum absolute atomic E-state index is 9.98. The third kappa shape index (κ3) is 4.62. The van der Waals surface area contributed by atoms with Crippen molar-refractivity contribution >= 4 is 6.09 Å². The van der Waals surface area contributed by atoms with Crippen molar-refractivity contribution in [3.8, 4) is 6.07 Å². The lowest BCUT2D eigenvalue weighted by molar-refractivity contribution is 0.118. The Kier molecular flexibility index (Phi) is 3.21. The van der Waals surface area contributed by atoms with Gasteiger partial charge in [0, 0.05) is 0 Å². The van der Waals surface area contributed by atoms with Crippen molar-refractivity contribution in [1.29, 1.82) is 5.26 Å². The van der Waals surface area contributed by atoms with Crippen LogP contribution in [0, 0.1) is 11.3 Å². The fraction of sp³-hybridized carbons (Fsp3) is 0.600. The maximum atomic E-state index is 9.98. The second-order valence-electron chi connectivity index (χ2n) is 1.61. The minimum absolute atomic E-state index is 0.183. The lowest BCUT2D eigenvalue weighted by Crippen LogP contribution is -2.19. The summed E-state index contributed by atoms with van der Waals surface area (Å²) in [5, 5.41) is 8.07.